The molecule has 76 valence electrons. The third-order valence-corrected chi connectivity index (χ3v) is 2.86. The summed E-state index contributed by atoms with van der Waals surface area (Å²) >= 11 is 0. The molecule has 1 atom stereocenters. The molecular weight excluding hydrogens is 166 g/mol. The molecule has 3 heteroatoms. The zero-order valence-electron chi connectivity index (χ0n) is 8.47. The van der Waals surface area contributed by atoms with Gasteiger partial charge in [-0.3, -0.25) is 4.79 Å². The molecule has 0 aromatic rings. The maximum absolute atomic E-state index is 11.0. The Balaban J connectivity index is 2.42. The van der Waals surface area contributed by atoms with E-state index in [4.69, 9.17) is 5.11 Å². The fraction of sp³-hybridized carbons (Fsp3) is 0.900. The topological polar surface area (TPSA) is 49.3 Å². The minimum Gasteiger partial charge on any atom is -0.480 e. The van der Waals surface area contributed by atoms with Crippen LogP contribution in [0, 0.1) is 5.92 Å². The molecular formula is C10H19NO2. The molecule has 0 aliphatic heterocycles. The van der Waals surface area contributed by atoms with E-state index >= 15 is 0 Å². The van der Waals surface area contributed by atoms with E-state index < -0.39 is 11.5 Å². The summed E-state index contributed by atoms with van der Waals surface area (Å²) in [5.41, 5.74) is -0.671. The van der Waals surface area contributed by atoms with Crippen molar-refractivity contribution in [1.82, 2.24) is 5.32 Å². The zero-order valence-corrected chi connectivity index (χ0v) is 8.47. The van der Waals surface area contributed by atoms with Gasteiger partial charge in [0.15, 0.2) is 0 Å². The molecule has 1 saturated carbocycles. The third kappa shape index (κ3) is 2.44. The van der Waals surface area contributed by atoms with Gasteiger partial charge < -0.3 is 10.4 Å². The first-order valence-electron chi connectivity index (χ1n) is 5.09. The summed E-state index contributed by atoms with van der Waals surface area (Å²) in [6.45, 7) is 4.73. The average Bonchev–Trinajstić information content (AvgIpc) is 2.86. The quantitative estimate of drug-likeness (QED) is 0.618. The molecule has 0 spiro atoms. The molecule has 0 heterocycles. The Morgan fingerprint density at radius 1 is 1.62 bits per heavy atom. The molecule has 0 bridgehead atoms. The Hall–Kier alpha value is -0.570. The first-order chi connectivity index (χ1) is 6.11. The first-order valence-corrected chi connectivity index (χ1v) is 5.09. The van der Waals surface area contributed by atoms with Crippen LogP contribution in [0.3, 0.4) is 0 Å². The lowest BCUT2D eigenvalue weighted by Crippen LogP contribution is -2.51. The Morgan fingerprint density at radius 2 is 2.23 bits per heavy atom. The molecule has 0 aromatic heterocycles. The van der Waals surface area contributed by atoms with Crippen molar-refractivity contribution in [2.45, 2.75) is 45.1 Å². The molecule has 1 unspecified atom stereocenters. The van der Waals surface area contributed by atoms with Gasteiger partial charge in [0, 0.05) is 0 Å². The minimum atomic E-state index is -0.703. The summed E-state index contributed by atoms with van der Waals surface area (Å²) < 4.78 is 0. The van der Waals surface area contributed by atoms with Crippen LogP contribution in [-0.4, -0.2) is 23.2 Å². The number of unbranched alkanes of at least 4 members (excludes halogenated alkanes) is 1. The van der Waals surface area contributed by atoms with E-state index in [0.717, 1.165) is 32.2 Å². The number of rotatable bonds is 6. The normalized spacial score (nSPS) is 21.1. The highest BCUT2D eigenvalue weighted by Gasteiger charge is 2.46. The van der Waals surface area contributed by atoms with E-state index in [0.29, 0.717) is 5.92 Å². The molecule has 0 saturated heterocycles. The SMILES string of the molecule is CCCCNC(C)(C(=O)O)C1CC1. The van der Waals surface area contributed by atoms with Crippen molar-refractivity contribution in [2.75, 3.05) is 6.54 Å². The maximum atomic E-state index is 11.0. The fourth-order valence-corrected chi connectivity index (χ4v) is 1.58. The summed E-state index contributed by atoms with van der Waals surface area (Å²) in [5.74, 6) is -0.354. The van der Waals surface area contributed by atoms with Crippen molar-refractivity contribution >= 4 is 5.97 Å². The van der Waals surface area contributed by atoms with Crippen molar-refractivity contribution in [2.24, 2.45) is 5.92 Å². The molecule has 1 fully saturated rings. The van der Waals surface area contributed by atoms with Crippen LogP contribution < -0.4 is 5.32 Å². The largest absolute Gasteiger partial charge is 0.480 e. The number of carbonyl (C=O) groups is 1. The first kappa shape index (κ1) is 10.5. The molecule has 3 nitrogen and oxygen atoms in total. The van der Waals surface area contributed by atoms with Crippen molar-refractivity contribution in [3.8, 4) is 0 Å². The highest BCUT2D eigenvalue weighted by Crippen LogP contribution is 2.39. The van der Waals surface area contributed by atoms with Gasteiger partial charge in [-0.25, -0.2) is 0 Å². The van der Waals surface area contributed by atoms with Crippen molar-refractivity contribution in [3.63, 3.8) is 0 Å². The second-order valence-corrected chi connectivity index (χ2v) is 4.06. The van der Waals surface area contributed by atoms with E-state index in [1.165, 1.54) is 0 Å². The predicted molar refractivity (Wildman–Crippen MR) is 51.7 cm³/mol. The molecule has 1 aliphatic carbocycles. The molecule has 0 amide bonds. The molecule has 2 N–H and O–H groups in total. The van der Waals surface area contributed by atoms with Crippen LogP contribution in [0.5, 0.6) is 0 Å². The third-order valence-electron chi connectivity index (χ3n) is 2.86. The van der Waals surface area contributed by atoms with Crippen LogP contribution in [0.4, 0.5) is 0 Å². The van der Waals surface area contributed by atoms with E-state index in [1.54, 1.807) is 0 Å². The van der Waals surface area contributed by atoms with Crippen LogP contribution in [0.25, 0.3) is 0 Å². The number of hydrogen-bond acceptors (Lipinski definition) is 2. The fourth-order valence-electron chi connectivity index (χ4n) is 1.58. The molecule has 1 rings (SSSR count). The van der Waals surface area contributed by atoms with E-state index in [-0.39, 0.29) is 0 Å². The van der Waals surface area contributed by atoms with Gasteiger partial charge in [-0.05, 0) is 38.6 Å². The predicted octanol–water partition coefficient (Wildman–Crippen LogP) is 1.63. The number of carboxylic acid groups (broad SMARTS) is 1. The van der Waals surface area contributed by atoms with Gasteiger partial charge in [0.2, 0.25) is 0 Å². The summed E-state index contributed by atoms with van der Waals surface area (Å²) in [4.78, 5) is 11.0. The Kier molecular flexibility index (Phi) is 3.31. The number of aliphatic carboxylic acids is 1. The van der Waals surface area contributed by atoms with Gasteiger partial charge in [-0.15, -0.1) is 0 Å². The van der Waals surface area contributed by atoms with Gasteiger partial charge in [-0.2, -0.15) is 0 Å². The van der Waals surface area contributed by atoms with Crippen LogP contribution in [0.1, 0.15) is 39.5 Å². The van der Waals surface area contributed by atoms with Crippen LogP contribution in [-0.2, 0) is 4.79 Å². The van der Waals surface area contributed by atoms with Crippen LogP contribution in [0.2, 0.25) is 0 Å². The molecule has 0 aromatic carbocycles. The van der Waals surface area contributed by atoms with Gasteiger partial charge in [0.1, 0.15) is 5.54 Å². The number of hydrogen-bond donors (Lipinski definition) is 2. The summed E-state index contributed by atoms with van der Waals surface area (Å²) in [7, 11) is 0. The van der Waals surface area contributed by atoms with Crippen LogP contribution in [0.15, 0.2) is 0 Å². The lowest BCUT2D eigenvalue weighted by Gasteiger charge is -2.26. The van der Waals surface area contributed by atoms with Crippen molar-refractivity contribution in [3.05, 3.63) is 0 Å². The lowest BCUT2D eigenvalue weighted by atomic mass is 9.96. The van der Waals surface area contributed by atoms with Crippen LogP contribution >= 0.6 is 0 Å². The summed E-state index contributed by atoms with van der Waals surface area (Å²) in [6, 6.07) is 0. The smallest absolute Gasteiger partial charge is 0.323 e. The molecule has 13 heavy (non-hydrogen) atoms. The Bertz CT molecular complexity index is 189. The van der Waals surface area contributed by atoms with E-state index in [2.05, 4.69) is 12.2 Å². The zero-order chi connectivity index (χ0) is 9.90. The molecule has 0 radical (unpaired) electrons. The van der Waals surface area contributed by atoms with Gasteiger partial charge >= 0.3 is 5.97 Å². The lowest BCUT2D eigenvalue weighted by molar-refractivity contribution is -0.145. The van der Waals surface area contributed by atoms with Gasteiger partial charge in [0.25, 0.3) is 0 Å². The Morgan fingerprint density at radius 3 is 2.62 bits per heavy atom. The molecule has 1 aliphatic rings. The number of nitrogens with one attached hydrogen (secondary N) is 1. The van der Waals surface area contributed by atoms with E-state index in [9.17, 15) is 4.79 Å². The van der Waals surface area contributed by atoms with Crippen molar-refractivity contribution in [1.29, 1.82) is 0 Å². The highest BCUT2D eigenvalue weighted by molar-refractivity contribution is 5.79. The van der Waals surface area contributed by atoms with Gasteiger partial charge in [0.05, 0.1) is 0 Å². The Labute approximate surface area is 79.5 Å². The van der Waals surface area contributed by atoms with Crippen molar-refractivity contribution < 1.29 is 9.90 Å². The van der Waals surface area contributed by atoms with Gasteiger partial charge in [-0.1, -0.05) is 13.3 Å². The number of carboxylic acids is 1. The average molecular weight is 185 g/mol. The second kappa shape index (κ2) is 4.09. The minimum absolute atomic E-state index is 0.349. The standard InChI is InChI=1S/C10H19NO2/c1-3-4-7-11-10(2,9(12)13)8-5-6-8/h8,11H,3-7H2,1-2H3,(H,12,13). The van der Waals surface area contributed by atoms with E-state index in [1.807, 2.05) is 6.92 Å². The second-order valence-electron chi connectivity index (χ2n) is 4.06. The monoisotopic (exact) mass is 185 g/mol. The summed E-state index contributed by atoms with van der Waals surface area (Å²) in [6.07, 6.45) is 4.27. The highest BCUT2D eigenvalue weighted by atomic mass is 16.4. The maximum Gasteiger partial charge on any atom is 0.323 e. The summed E-state index contributed by atoms with van der Waals surface area (Å²) in [5, 5.41) is 12.2.